The zero-order chi connectivity index (χ0) is 14.4. The lowest BCUT2D eigenvalue weighted by Gasteiger charge is -2.45. The number of hydrogen-bond donors (Lipinski definition) is 0. The summed E-state index contributed by atoms with van der Waals surface area (Å²) in [5, 5.41) is 0. The van der Waals surface area contributed by atoms with E-state index < -0.39 is 0 Å². The Hall–Kier alpha value is -1.80. The Morgan fingerprint density at radius 2 is 1.86 bits per heavy atom. The van der Waals surface area contributed by atoms with Gasteiger partial charge in [-0.25, -0.2) is 0 Å². The summed E-state index contributed by atoms with van der Waals surface area (Å²) in [6.07, 6.45) is 2.25. The van der Waals surface area contributed by atoms with Crippen molar-refractivity contribution in [1.29, 1.82) is 0 Å². The third-order valence-corrected chi connectivity index (χ3v) is 5.16. The maximum absolute atomic E-state index is 5.61. The van der Waals surface area contributed by atoms with Gasteiger partial charge in [0.15, 0.2) is 0 Å². The van der Waals surface area contributed by atoms with Gasteiger partial charge in [0.05, 0.1) is 7.11 Å². The van der Waals surface area contributed by atoms with Gasteiger partial charge in [-0.05, 0) is 42.5 Å². The molecule has 108 valence electrons. The molecule has 0 aliphatic carbocycles. The van der Waals surface area contributed by atoms with Crippen LogP contribution < -0.4 is 4.74 Å². The summed E-state index contributed by atoms with van der Waals surface area (Å²) in [7, 11) is 1.78. The van der Waals surface area contributed by atoms with Crippen LogP contribution in [0.3, 0.4) is 0 Å². The van der Waals surface area contributed by atoms with E-state index in [1.54, 1.807) is 7.11 Å². The predicted molar refractivity (Wildman–Crippen MR) is 84.7 cm³/mol. The van der Waals surface area contributed by atoms with Gasteiger partial charge in [0.25, 0.3) is 0 Å². The molecule has 2 nitrogen and oxygen atoms in total. The van der Waals surface area contributed by atoms with Crippen LogP contribution in [0.1, 0.15) is 41.3 Å². The van der Waals surface area contributed by atoms with Crippen LogP contribution in [-0.2, 0) is 12.8 Å². The van der Waals surface area contributed by atoms with Gasteiger partial charge >= 0.3 is 0 Å². The van der Waals surface area contributed by atoms with Crippen molar-refractivity contribution >= 4 is 0 Å². The molecule has 0 amide bonds. The van der Waals surface area contributed by atoms with E-state index in [1.165, 1.54) is 22.3 Å². The van der Waals surface area contributed by atoms with E-state index in [0.717, 1.165) is 25.1 Å². The second-order valence-corrected chi connectivity index (χ2v) is 6.12. The van der Waals surface area contributed by atoms with E-state index in [-0.39, 0.29) is 0 Å². The molecule has 0 aromatic heterocycles. The van der Waals surface area contributed by atoms with Crippen molar-refractivity contribution in [3.63, 3.8) is 0 Å². The van der Waals surface area contributed by atoms with Crippen LogP contribution in [0.15, 0.2) is 42.5 Å². The lowest BCUT2D eigenvalue weighted by atomic mass is 9.81. The summed E-state index contributed by atoms with van der Waals surface area (Å²) in [6, 6.07) is 16.4. The van der Waals surface area contributed by atoms with Crippen molar-refractivity contribution in [3.05, 3.63) is 64.7 Å². The number of hydrogen-bond acceptors (Lipinski definition) is 2. The first-order chi connectivity index (χ1) is 10.3. The van der Waals surface area contributed by atoms with Crippen molar-refractivity contribution in [2.24, 2.45) is 0 Å². The van der Waals surface area contributed by atoms with E-state index in [1.807, 2.05) is 0 Å². The molecule has 2 aromatic carbocycles. The molecular weight excluding hydrogens is 258 g/mol. The fourth-order valence-corrected chi connectivity index (χ4v) is 4.16. The standard InChI is InChI=1S/C19H21NO/c1-13-19-15(7-5-9-18(19)21-2)12-17-16-8-4-3-6-14(16)10-11-20(13)17/h3-9,13,17H,10-12H2,1-2H3/t13-,17-/m0/s1. The molecule has 2 heteroatoms. The molecule has 0 radical (unpaired) electrons. The van der Waals surface area contributed by atoms with Crippen LogP contribution in [0, 0.1) is 0 Å². The topological polar surface area (TPSA) is 12.5 Å². The Bertz CT molecular complexity index is 679. The first-order valence-electron chi connectivity index (χ1n) is 7.79. The van der Waals surface area contributed by atoms with Crippen LogP contribution in [0.4, 0.5) is 0 Å². The molecule has 0 bridgehead atoms. The summed E-state index contributed by atoms with van der Waals surface area (Å²) in [5.41, 5.74) is 5.87. The number of nitrogens with zero attached hydrogens (tertiary/aromatic N) is 1. The minimum Gasteiger partial charge on any atom is -0.496 e. The van der Waals surface area contributed by atoms with Gasteiger partial charge in [0, 0.05) is 24.2 Å². The smallest absolute Gasteiger partial charge is 0.123 e. The maximum Gasteiger partial charge on any atom is 0.123 e. The maximum atomic E-state index is 5.61. The second-order valence-electron chi connectivity index (χ2n) is 6.12. The summed E-state index contributed by atoms with van der Waals surface area (Å²) in [6.45, 7) is 3.46. The largest absolute Gasteiger partial charge is 0.496 e. The van der Waals surface area contributed by atoms with E-state index in [2.05, 4.69) is 54.3 Å². The Kier molecular flexibility index (Phi) is 3.00. The summed E-state index contributed by atoms with van der Waals surface area (Å²) < 4.78 is 5.61. The van der Waals surface area contributed by atoms with E-state index in [9.17, 15) is 0 Å². The molecule has 2 heterocycles. The lowest BCUT2D eigenvalue weighted by Crippen LogP contribution is -2.41. The highest BCUT2D eigenvalue weighted by molar-refractivity contribution is 5.47. The minimum absolute atomic E-state index is 0.420. The van der Waals surface area contributed by atoms with Gasteiger partial charge in [-0.2, -0.15) is 0 Å². The Labute approximate surface area is 126 Å². The number of methoxy groups -OCH3 is 1. The summed E-state index contributed by atoms with van der Waals surface area (Å²) >= 11 is 0. The fraction of sp³-hybridized carbons (Fsp3) is 0.368. The molecule has 4 rings (SSSR count). The molecule has 0 unspecified atom stereocenters. The van der Waals surface area contributed by atoms with E-state index in [4.69, 9.17) is 4.74 Å². The molecule has 2 atom stereocenters. The van der Waals surface area contributed by atoms with Crippen molar-refractivity contribution in [2.75, 3.05) is 13.7 Å². The molecule has 0 saturated heterocycles. The third-order valence-electron chi connectivity index (χ3n) is 5.16. The van der Waals surface area contributed by atoms with Crippen molar-refractivity contribution in [2.45, 2.75) is 31.8 Å². The van der Waals surface area contributed by atoms with Crippen LogP contribution in [-0.4, -0.2) is 18.6 Å². The molecule has 0 saturated carbocycles. The van der Waals surface area contributed by atoms with Gasteiger partial charge < -0.3 is 4.74 Å². The van der Waals surface area contributed by atoms with Gasteiger partial charge in [-0.3, -0.25) is 4.90 Å². The zero-order valence-electron chi connectivity index (χ0n) is 12.7. The normalized spacial score (nSPS) is 23.9. The fourth-order valence-electron chi connectivity index (χ4n) is 4.16. The molecular formula is C19H21NO. The molecule has 21 heavy (non-hydrogen) atoms. The van der Waals surface area contributed by atoms with E-state index >= 15 is 0 Å². The van der Waals surface area contributed by atoms with Crippen LogP contribution in [0.5, 0.6) is 5.75 Å². The van der Waals surface area contributed by atoms with Gasteiger partial charge in [-0.1, -0.05) is 36.4 Å². The molecule has 0 fully saturated rings. The molecule has 0 N–H and O–H groups in total. The Morgan fingerprint density at radius 1 is 1.05 bits per heavy atom. The van der Waals surface area contributed by atoms with Crippen molar-refractivity contribution in [3.8, 4) is 5.75 Å². The number of fused-ring (bicyclic) bond motifs is 4. The number of ether oxygens (including phenoxy) is 1. The lowest BCUT2D eigenvalue weighted by molar-refractivity contribution is 0.115. The monoisotopic (exact) mass is 279 g/mol. The third kappa shape index (κ3) is 1.90. The number of benzene rings is 2. The quantitative estimate of drug-likeness (QED) is 0.784. The molecule has 2 aliphatic rings. The van der Waals surface area contributed by atoms with Gasteiger partial charge in [-0.15, -0.1) is 0 Å². The predicted octanol–water partition coefficient (Wildman–Crippen LogP) is 3.91. The summed E-state index contributed by atoms with van der Waals surface area (Å²) in [5.74, 6) is 1.04. The van der Waals surface area contributed by atoms with Crippen LogP contribution in [0.25, 0.3) is 0 Å². The average molecular weight is 279 g/mol. The Morgan fingerprint density at radius 3 is 2.71 bits per heavy atom. The van der Waals surface area contributed by atoms with Crippen LogP contribution >= 0.6 is 0 Å². The zero-order valence-corrected chi connectivity index (χ0v) is 12.7. The Balaban J connectivity index is 1.83. The molecule has 2 aromatic rings. The number of rotatable bonds is 1. The summed E-state index contributed by atoms with van der Waals surface area (Å²) in [4.78, 5) is 2.65. The minimum atomic E-state index is 0.420. The van der Waals surface area contributed by atoms with Crippen molar-refractivity contribution < 1.29 is 4.74 Å². The highest BCUT2D eigenvalue weighted by Crippen LogP contribution is 2.46. The van der Waals surface area contributed by atoms with Crippen molar-refractivity contribution in [1.82, 2.24) is 4.90 Å². The average Bonchev–Trinajstić information content (AvgIpc) is 2.54. The first kappa shape index (κ1) is 12.9. The van der Waals surface area contributed by atoms with Gasteiger partial charge in [0.2, 0.25) is 0 Å². The molecule has 2 aliphatic heterocycles. The van der Waals surface area contributed by atoms with Crippen LogP contribution in [0.2, 0.25) is 0 Å². The SMILES string of the molecule is COc1cccc2c1[C@H](C)N1CCc3ccccc3[C@@H]1C2. The highest BCUT2D eigenvalue weighted by atomic mass is 16.5. The van der Waals surface area contributed by atoms with Gasteiger partial charge in [0.1, 0.15) is 5.75 Å². The second kappa shape index (κ2) is 4.88. The van der Waals surface area contributed by atoms with E-state index in [0.29, 0.717) is 12.1 Å². The molecule has 0 spiro atoms. The first-order valence-corrected chi connectivity index (χ1v) is 7.79. The highest BCUT2D eigenvalue weighted by Gasteiger charge is 2.37.